The van der Waals surface area contributed by atoms with Gasteiger partial charge in [-0.3, -0.25) is 28.8 Å². The number of aliphatic hydroxyl groups is 12. The van der Waals surface area contributed by atoms with Crippen molar-refractivity contribution in [1.82, 2.24) is 16.0 Å². The molecule has 30 heteroatoms. The van der Waals surface area contributed by atoms with Crippen LogP contribution < -0.4 is 16.0 Å². The topological polar surface area (TPSA) is 488 Å². The Hall–Kier alpha value is -7.17. The molecule has 0 saturated carbocycles. The number of hydrogen-bond donors (Lipinski definition) is 15. The van der Waals surface area contributed by atoms with Gasteiger partial charge in [-0.05, 0) is 148 Å². The van der Waals surface area contributed by atoms with Gasteiger partial charge in [-0.2, -0.15) is 0 Å². The number of allylic oxidation sites excluding steroid dienone is 7. The van der Waals surface area contributed by atoms with Gasteiger partial charge in [-0.1, -0.05) is 136 Å². The van der Waals surface area contributed by atoms with Gasteiger partial charge in [0.2, 0.25) is 17.7 Å². The number of methoxy groups -OCH3 is 3. The number of fused-ring (bicyclic) bond motifs is 2. The molecule has 2 heterocycles. The van der Waals surface area contributed by atoms with Crippen LogP contribution in [0.15, 0.2) is 95.7 Å². The molecule has 2 aliphatic rings. The quantitative estimate of drug-likeness (QED) is 0.0202. The number of hydrogen-bond acceptors (Lipinski definition) is 27. The Morgan fingerprint density at radius 1 is 0.692 bits per heavy atom. The summed E-state index contributed by atoms with van der Waals surface area (Å²) in [5.74, 6) is -18.0. The summed E-state index contributed by atoms with van der Waals surface area (Å²) in [5.41, 5.74) is -1.73. The first-order valence-electron chi connectivity index (χ1n) is 40.7. The van der Waals surface area contributed by atoms with Gasteiger partial charge in [0.15, 0.2) is 18.2 Å². The largest absolute Gasteiger partial charge is 0.469 e. The maximum atomic E-state index is 14.7. The lowest BCUT2D eigenvalue weighted by Crippen LogP contribution is -2.59. The molecular weight excluding hydrogens is 1520 g/mol. The van der Waals surface area contributed by atoms with Gasteiger partial charge in [-0.15, -0.1) is 0 Å². The van der Waals surface area contributed by atoms with Crippen molar-refractivity contribution in [1.29, 1.82) is 0 Å². The zero-order chi connectivity index (χ0) is 89.6. The van der Waals surface area contributed by atoms with Crippen LogP contribution in [0.25, 0.3) is 0 Å². The second-order valence-corrected chi connectivity index (χ2v) is 33.8. The minimum absolute atomic E-state index is 0.0583. The maximum absolute atomic E-state index is 14.7. The lowest BCUT2D eigenvalue weighted by Gasteiger charge is -2.41. The molecule has 0 aromatic heterocycles. The third kappa shape index (κ3) is 32.7. The van der Waals surface area contributed by atoms with Crippen LogP contribution in [0.3, 0.4) is 0 Å². The number of Topliss-reactive ketones (excluding diaryl/α,β-unsaturated/α-hetero) is 1. The number of amides is 3. The van der Waals surface area contributed by atoms with Crippen LogP contribution in [0.5, 0.6) is 0 Å². The minimum Gasteiger partial charge on any atom is -0.469 e. The first-order valence-corrected chi connectivity index (χ1v) is 40.7. The Balaban J connectivity index is 2.75. The van der Waals surface area contributed by atoms with Crippen LogP contribution in [-0.4, -0.2) is 252 Å². The van der Waals surface area contributed by atoms with Crippen molar-refractivity contribution >= 4 is 53.4 Å². The Bertz CT molecular complexity index is 3450. The number of nitrogens with one attached hydrogen (secondary N) is 3. The SMILES string of the molecule is COC(=O)C(O)CC(=O)OC1CC=C(C)C(O)C(C)C=C(C)C(O)C(C)C(O)[C@@H]2C[C@H](C)C[C@@H](CC=CC=CCCC=CC=CC(=O)NC(C(O)C(=O)OC)C(=O)OC(C)C(C(NC(=O)C(C)C(O)CCC(C)C(O)/C(C)=C/C(C)C(O)C(NC(=O)/C=C/C(C)(C)C(=O)C(C)C(O)C(C)(C)C(=O)OC)C(O)C(C)C)C(C)O)C(O)C1C)O2. The second kappa shape index (κ2) is 50.2. The summed E-state index contributed by atoms with van der Waals surface area (Å²) < 4.78 is 32.4. The van der Waals surface area contributed by atoms with Crippen LogP contribution in [0, 0.1) is 70.0 Å². The summed E-state index contributed by atoms with van der Waals surface area (Å²) in [6.07, 6.45) is -0.659. The Morgan fingerprint density at radius 3 is 1.85 bits per heavy atom. The van der Waals surface area contributed by atoms with E-state index >= 15 is 0 Å². The third-order valence-corrected chi connectivity index (χ3v) is 22.9. The number of aliphatic hydroxyl groups excluding tert-OH is 12. The summed E-state index contributed by atoms with van der Waals surface area (Å²) in [4.78, 5) is 122. The summed E-state index contributed by atoms with van der Waals surface area (Å²) >= 11 is 0. The van der Waals surface area contributed by atoms with E-state index in [1.807, 2.05) is 24.3 Å². The van der Waals surface area contributed by atoms with Crippen molar-refractivity contribution in [2.75, 3.05) is 21.3 Å². The molecule has 28 atom stereocenters. The highest BCUT2D eigenvalue weighted by atomic mass is 16.6. The Morgan fingerprint density at radius 2 is 1.28 bits per heavy atom. The molecule has 0 spiro atoms. The highest BCUT2D eigenvalue weighted by Crippen LogP contribution is 2.37. The molecule has 0 aliphatic carbocycles. The molecule has 0 aromatic carbocycles. The Labute approximate surface area is 691 Å². The van der Waals surface area contributed by atoms with E-state index in [0.29, 0.717) is 36.8 Å². The average Bonchev–Trinajstić information content (AvgIpc) is 0.809. The molecule has 30 nitrogen and oxygen atoms in total. The molecule has 2 aliphatic heterocycles. The monoisotopic (exact) mass is 1660 g/mol. The number of ketones is 1. The standard InChI is InChI=1S/C87H141N3O27/c1-45(2)71(97)69(88-65(95)38-39-86(16,17)79(105)56(13)80(106)87(18,19)85(111)114-22)75(101)52(9)43-50(7)72(98)47(4)34-36-60(92)53(10)81(107)90-68(57(14)91)67-58(15)115-83(109)70(78(104)84(110)113-21)89-64(94)33-31-29-27-25-23-24-26-28-30-32-59-40-46(3)41-63(116-59)76(102)55(12)74(100)51(8)42-49(6)73(99)48(5)35-37-62(54(11)77(67)103)117-66(96)44-61(93)82(108)112-20/h24,26-31,33,35,38-39,42-43,45-47,49,52-63,67-78,80,91-93,97-104,106H,23,25,32,34,36-37,40-41,44H2,1-22H3,(H,88,95)(H,89,94)(H,90,107)/b26-24?,29-27?,30-28?,33-31?,39-38+,48-35?,50-43+,51-42?/t46-,47?,49?,52?,53?,54?,55?,56?,57?,58?,59-,60?,61?,62?,63+,67?,68?,69?,70?,71?,72?,73?,74?,75?,76?,77?,78?,80?/m1/s1. The number of cyclic esters (lactones) is 1. The summed E-state index contributed by atoms with van der Waals surface area (Å²) in [5, 5.41) is 147. The van der Waals surface area contributed by atoms with E-state index in [-0.39, 0.29) is 36.9 Å². The Kier molecular flexibility index (Phi) is 45.4. The van der Waals surface area contributed by atoms with Crippen molar-refractivity contribution in [2.24, 2.45) is 70.0 Å². The number of carbonyl (C=O) groups excluding carboxylic acids is 9. The third-order valence-electron chi connectivity index (χ3n) is 22.9. The van der Waals surface area contributed by atoms with Crippen LogP contribution in [0.4, 0.5) is 0 Å². The molecule has 0 radical (unpaired) electrons. The zero-order valence-electron chi connectivity index (χ0n) is 72.6. The average molecular weight is 1660 g/mol. The van der Waals surface area contributed by atoms with Crippen molar-refractivity contribution < 1.29 is 133 Å². The summed E-state index contributed by atoms with van der Waals surface area (Å²) in [6, 6.07) is -5.22. The van der Waals surface area contributed by atoms with Gasteiger partial charge in [-0.25, -0.2) is 14.4 Å². The highest BCUT2D eigenvalue weighted by Gasteiger charge is 2.48. The fraction of sp³-hybridized carbons (Fsp3) is 0.713. The van der Waals surface area contributed by atoms with E-state index in [4.69, 9.17) is 23.7 Å². The lowest BCUT2D eigenvalue weighted by atomic mass is 9.72. The number of rotatable bonds is 29. The molecular formula is C87H141N3O27. The molecule has 666 valence electrons. The van der Waals surface area contributed by atoms with Gasteiger partial charge in [0.1, 0.15) is 18.0 Å². The predicted molar refractivity (Wildman–Crippen MR) is 436 cm³/mol. The van der Waals surface area contributed by atoms with E-state index in [1.54, 1.807) is 86.6 Å². The lowest BCUT2D eigenvalue weighted by molar-refractivity contribution is -0.172. The molecule has 0 aromatic rings. The number of esters is 5. The van der Waals surface area contributed by atoms with Gasteiger partial charge >= 0.3 is 29.8 Å². The van der Waals surface area contributed by atoms with Crippen molar-refractivity contribution in [2.45, 2.75) is 305 Å². The van der Waals surface area contributed by atoms with Gasteiger partial charge in [0, 0.05) is 53.4 Å². The molecule has 3 amide bonds. The fourth-order valence-corrected chi connectivity index (χ4v) is 14.8. The summed E-state index contributed by atoms with van der Waals surface area (Å²) in [6.45, 7) is 29.4. The van der Waals surface area contributed by atoms with E-state index in [2.05, 4.69) is 27.6 Å². The molecule has 2 bridgehead atoms. The zero-order valence-corrected chi connectivity index (χ0v) is 72.6. The molecule has 2 rings (SSSR count). The predicted octanol–water partition coefficient (Wildman–Crippen LogP) is 5.05. The first kappa shape index (κ1) is 106. The molecule has 15 N–H and O–H groups in total. The van der Waals surface area contributed by atoms with Gasteiger partial charge < -0.3 is 106 Å². The first-order chi connectivity index (χ1) is 54.4. The van der Waals surface area contributed by atoms with Crippen molar-refractivity contribution in [3.05, 3.63) is 95.7 Å². The van der Waals surface area contributed by atoms with Crippen molar-refractivity contribution in [3.63, 3.8) is 0 Å². The van der Waals surface area contributed by atoms with E-state index in [9.17, 15) is 104 Å². The molecule has 117 heavy (non-hydrogen) atoms. The van der Waals surface area contributed by atoms with Crippen LogP contribution >= 0.6 is 0 Å². The van der Waals surface area contributed by atoms with Gasteiger partial charge in [0.25, 0.3) is 0 Å². The summed E-state index contributed by atoms with van der Waals surface area (Å²) in [7, 11) is 3.04. The van der Waals surface area contributed by atoms with Crippen LogP contribution in [0.2, 0.25) is 0 Å². The van der Waals surface area contributed by atoms with E-state index in [0.717, 1.165) is 39.9 Å². The minimum atomic E-state index is -2.42. The molecule has 1 saturated heterocycles. The number of ether oxygens (including phenoxy) is 6. The van der Waals surface area contributed by atoms with Crippen molar-refractivity contribution in [3.8, 4) is 0 Å². The smallest absolute Gasteiger partial charge is 0.337 e. The maximum Gasteiger partial charge on any atom is 0.337 e. The second-order valence-electron chi connectivity index (χ2n) is 33.8. The highest BCUT2D eigenvalue weighted by molar-refractivity contribution is 5.95. The normalized spacial score (nSPS) is 28.3. The molecule has 25 unspecified atom stereocenters. The van der Waals surface area contributed by atoms with Crippen LogP contribution in [0.1, 0.15) is 189 Å². The number of carbonyl (C=O) groups is 9. The van der Waals surface area contributed by atoms with E-state index in [1.165, 1.54) is 80.5 Å². The fourth-order valence-electron chi connectivity index (χ4n) is 14.8. The molecule has 1 fully saturated rings. The van der Waals surface area contributed by atoms with E-state index < -0.39 is 234 Å². The van der Waals surface area contributed by atoms with Crippen LogP contribution in [-0.2, 0) is 71.6 Å². The van der Waals surface area contributed by atoms with Gasteiger partial charge in [0.05, 0.1) is 124 Å².